The van der Waals surface area contributed by atoms with E-state index >= 15 is 0 Å². The van der Waals surface area contributed by atoms with Crippen LogP contribution < -0.4 is 11.2 Å². The number of aromatic nitrogens is 2. The number of nitro groups is 2. The fraction of sp³-hybridized carbons (Fsp3) is 0. The van der Waals surface area contributed by atoms with Crippen LogP contribution in [0.25, 0.3) is 0 Å². The average molecular weight is 303 g/mol. The summed E-state index contributed by atoms with van der Waals surface area (Å²) in [4.78, 5) is 27.4. The van der Waals surface area contributed by atoms with Crippen molar-refractivity contribution >= 4 is 29.2 Å². The van der Waals surface area contributed by atoms with E-state index < -0.39 is 15.5 Å². The number of nitrogens with one attached hydrogen (secondary N) is 1. The Hall–Kier alpha value is -3.63. The summed E-state index contributed by atoms with van der Waals surface area (Å²) in [6.45, 7) is 0. The third-order valence-corrected chi connectivity index (χ3v) is 2.50. The standard InChI is InChI=1S/C11H9N7O4/c12-10-9(18(21)22)11(14-6-13-10)16-15-5-7-2-1-3-8(4-7)17(19)20/h1-6H,(H3,12,13,14,16)/b15-5+. The highest BCUT2D eigenvalue weighted by atomic mass is 16.6. The van der Waals surface area contributed by atoms with Crippen molar-refractivity contribution in [2.24, 2.45) is 5.10 Å². The second-order valence-electron chi connectivity index (χ2n) is 3.94. The van der Waals surface area contributed by atoms with Gasteiger partial charge in [0, 0.05) is 17.7 Å². The summed E-state index contributed by atoms with van der Waals surface area (Å²) < 4.78 is 0. The van der Waals surface area contributed by atoms with E-state index in [2.05, 4.69) is 20.5 Å². The average Bonchev–Trinajstić information content (AvgIpc) is 2.47. The molecule has 0 spiro atoms. The van der Waals surface area contributed by atoms with Crippen molar-refractivity contribution in [2.75, 3.05) is 11.2 Å². The molecule has 1 heterocycles. The zero-order valence-corrected chi connectivity index (χ0v) is 10.9. The van der Waals surface area contributed by atoms with Crippen LogP contribution in [0.15, 0.2) is 35.7 Å². The number of nitrogens with zero attached hydrogens (tertiary/aromatic N) is 5. The predicted octanol–water partition coefficient (Wildman–Crippen LogP) is 1.32. The molecule has 0 saturated heterocycles. The van der Waals surface area contributed by atoms with E-state index in [-0.39, 0.29) is 17.3 Å². The van der Waals surface area contributed by atoms with Crippen molar-refractivity contribution in [1.29, 1.82) is 0 Å². The number of anilines is 2. The third kappa shape index (κ3) is 3.27. The first-order chi connectivity index (χ1) is 10.5. The van der Waals surface area contributed by atoms with Gasteiger partial charge in [0.25, 0.3) is 5.69 Å². The Morgan fingerprint density at radius 1 is 1.23 bits per heavy atom. The Morgan fingerprint density at radius 3 is 2.68 bits per heavy atom. The van der Waals surface area contributed by atoms with Gasteiger partial charge < -0.3 is 5.73 Å². The maximum absolute atomic E-state index is 10.9. The van der Waals surface area contributed by atoms with Gasteiger partial charge in [-0.05, 0) is 0 Å². The zero-order valence-electron chi connectivity index (χ0n) is 10.9. The van der Waals surface area contributed by atoms with Crippen molar-refractivity contribution in [3.63, 3.8) is 0 Å². The molecule has 0 aliphatic heterocycles. The number of nitro benzene ring substituents is 1. The number of hydrazone groups is 1. The van der Waals surface area contributed by atoms with Crippen molar-refractivity contribution in [3.05, 3.63) is 56.4 Å². The van der Waals surface area contributed by atoms with Crippen LogP contribution in [0.1, 0.15) is 5.56 Å². The molecular formula is C11H9N7O4. The molecule has 1 aromatic heterocycles. The van der Waals surface area contributed by atoms with Crippen LogP contribution in [0.5, 0.6) is 0 Å². The maximum atomic E-state index is 10.9. The number of hydrogen-bond acceptors (Lipinski definition) is 9. The van der Waals surface area contributed by atoms with E-state index in [1.165, 1.54) is 24.4 Å². The van der Waals surface area contributed by atoms with Gasteiger partial charge in [-0.15, -0.1) is 0 Å². The molecule has 11 nitrogen and oxygen atoms in total. The van der Waals surface area contributed by atoms with E-state index in [9.17, 15) is 20.2 Å². The normalized spacial score (nSPS) is 10.5. The monoisotopic (exact) mass is 303 g/mol. The molecule has 2 aromatic rings. The van der Waals surface area contributed by atoms with Gasteiger partial charge in [-0.3, -0.25) is 25.7 Å². The van der Waals surface area contributed by atoms with E-state index in [4.69, 9.17) is 5.73 Å². The van der Waals surface area contributed by atoms with Gasteiger partial charge in [0.1, 0.15) is 6.33 Å². The quantitative estimate of drug-likeness (QED) is 0.474. The van der Waals surface area contributed by atoms with Crippen LogP contribution in [0.4, 0.5) is 23.0 Å². The molecule has 0 fully saturated rings. The second-order valence-corrected chi connectivity index (χ2v) is 3.94. The lowest BCUT2D eigenvalue weighted by molar-refractivity contribution is -0.384. The number of nitrogen functional groups attached to an aromatic ring is 1. The van der Waals surface area contributed by atoms with Gasteiger partial charge in [-0.2, -0.15) is 5.10 Å². The van der Waals surface area contributed by atoms with Gasteiger partial charge in [0.05, 0.1) is 16.1 Å². The number of hydrogen-bond donors (Lipinski definition) is 2. The molecule has 0 amide bonds. The summed E-state index contributed by atoms with van der Waals surface area (Å²) in [6.07, 6.45) is 2.31. The molecule has 0 aliphatic rings. The first kappa shape index (κ1) is 14.8. The van der Waals surface area contributed by atoms with Crippen molar-refractivity contribution in [1.82, 2.24) is 9.97 Å². The Morgan fingerprint density at radius 2 is 2.00 bits per heavy atom. The minimum atomic E-state index is -0.736. The first-order valence-corrected chi connectivity index (χ1v) is 5.77. The molecule has 2 rings (SSSR count). The summed E-state index contributed by atoms with van der Waals surface area (Å²) in [5.74, 6) is -0.479. The molecule has 112 valence electrons. The largest absolute Gasteiger partial charge is 0.378 e. The van der Waals surface area contributed by atoms with Gasteiger partial charge in [0.2, 0.25) is 11.6 Å². The smallest absolute Gasteiger partial charge is 0.354 e. The zero-order chi connectivity index (χ0) is 16.1. The van der Waals surface area contributed by atoms with E-state index in [1.807, 2.05) is 0 Å². The Labute approximate surface area is 122 Å². The van der Waals surface area contributed by atoms with Gasteiger partial charge in [0.15, 0.2) is 0 Å². The number of rotatable bonds is 5. The summed E-state index contributed by atoms with van der Waals surface area (Å²) in [6, 6.07) is 5.71. The minimum Gasteiger partial charge on any atom is -0.378 e. The van der Waals surface area contributed by atoms with E-state index in [1.54, 1.807) is 6.07 Å². The molecule has 11 heteroatoms. The number of non-ortho nitro benzene ring substituents is 1. The molecule has 0 bridgehead atoms. The third-order valence-electron chi connectivity index (χ3n) is 2.50. The fourth-order valence-corrected chi connectivity index (χ4v) is 1.54. The topological polar surface area (TPSA) is 162 Å². The van der Waals surface area contributed by atoms with Crippen LogP contribution in [0.3, 0.4) is 0 Å². The Bertz CT molecular complexity index is 762. The van der Waals surface area contributed by atoms with Crippen LogP contribution in [0.2, 0.25) is 0 Å². The lowest BCUT2D eigenvalue weighted by atomic mass is 10.2. The molecule has 0 aliphatic carbocycles. The summed E-state index contributed by atoms with van der Waals surface area (Å²) in [7, 11) is 0. The number of nitrogens with two attached hydrogens (primary N) is 1. The highest BCUT2D eigenvalue weighted by Gasteiger charge is 2.20. The van der Waals surface area contributed by atoms with Crippen molar-refractivity contribution < 1.29 is 9.85 Å². The van der Waals surface area contributed by atoms with Gasteiger partial charge in [-0.25, -0.2) is 9.97 Å². The molecule has 0 atom stereocenters. The predicted molar refractivity (Wildman–Crippen MR) is 77.4 cm³/mol. The van der Waals surface area contributed by atoms with Crippen molar-refractivity contribution in [3.8, 4) is 0 Å². The summed E-state index contributed by atoms with van der Waals surface area (Å²) >= 11 is 0. The second kappa shape index (κ2) is 6.21. The fourth-order valence-electron chi connectivity index (χ4n) is 1.54. The van der Waals surface area contributed by atoms with E-state index in [0.29, 0.717) is 5.56 Å². The number of benzene rings is 1. The van der Waals surface area contributed by atoms with Gasteiger partial charge in [-0.1, -0.05) is 12.1 Å². The Kier molecular flexibility index (Phi) is 4.17. The highest BCUT2D eigenvalue weighted by Crippen LogP contribution is 2.26. The lowest BCUT2D eigenvalue weighted by Gasteiger charge is -2.01. The minimum absolute atomic E-state index is 0.0961. The van der Waals surface area contributed by atoms with Crippen LogP contribution in [-0.2, 0) is 0 Å². The maximum Gasteiger partial charge on any atom is 0.354 e. The molecule has 3 N–H and O–H groups in total. The van der Waals surface area contributed by atoms with Crippen LogP contribution in [0, 0.1) is 20.2 Å². The molecular weight excluding hydrogens is 294 g/mol. The van der Waals surface area contributed by atoms with Crippen LogP contribution >= 0.6 is 0 Å². The first-order valence-electron chi connectivity index (χ1n) is 5.77. The van der Waals surface area contributed by atoms with E-state index in [0.717, 1.165) is 6.33 Å². The summed E-state index contributed by atoms with van der Waals surface area (Å²) in [5.41, 5.74) is 7.60. The summed E-state index contributed by atoms with van der Waals surface area (Å²) in [5, 5.41) is 25.3. The van der Waals surface area contributed by atoms with Crippen molar-refractivity contribution in [2.45, 2.75) is 0 Å². The molecule has 1 aromatic carbocycles. The lowest BCUT2D eigenvalue weighted by Crippen LogP contribution is -2.04. The molecule has 22 heavy (non-hydrogen) atoms. The van der Waals surface area contributed by atoms with Crippen LogP contribution in [-0.4, -0.2) is 26.0 Å². The molecule has 0 unspecified atom stereocenters. The SMILES string of the molecule is Nc1ncnc(N/N=C/c2cccc([N+](=O)[O-])c2)c1[N+](=O)[O-]. The van der Waals surface area contributed by atoms with Gasteiger partial charge >= 0.3 is 5.69 Å². The highest BCUT2D eigenvalue weighted by molar-refractivity contribution is 5.81. The Balaban J connectivity index is 2.20. The molecule has 0 radical (unpaired) electrons. The molecule has 0 saturated carbocycles.